The van der Waals surface area contributed by atoms with Gasteiger partial charge in [-0.3, -0.25) is 19.0 Å². The highest BCUT2D eigenvalue weighted by Crippen LogP contribution is 2.36. The lowest BCUT2D eigenvalue weighted by Gasteiger charge is -2.43. The van der Waals surface area contributed by atoms with Gasteiger partial charge in [-0.25, -0.2) is 19.7 Å². The summed E-state index contributed by atoms with van der Waals surface area (Å²) in [5, 5.41) is 0.0486. The van der Waals surface area contributed by atoms with Crippen LogP contribution in [0.5, 0.6) is 0 Å². The number of imidazole rings is 1. The summed E-state index contributed by atoms with van der Waals surface area (Å²) < 4.78 is 27.9. The Morgan fingerprint density at radius 3 is 2.12 bits per heavy atom. The lowest BCUT2D eigenvalue weighted by Crippen LogP contribution is -2.61. The van der Waals surface area contributed by atoms with Crippen molar-refractivity contribution in [1.29, 1.82) is 0 Å². The van der Waals surface area contributed by atoms with Crippen molar-refractivity contribution in [3.63, 3.8) is 0 Å². The molecule has 14 heteroatoms. The zero-order valence-electron chi connectivity index (χ0n) is 17.4. The molecule has 5 atom stereocenters. The van der Waals surface area contributed by atoms with Crippen LogP contribution in [0.1, 0.15) is 27.0 Å². The first-order chi connectivity index (χ1) is 15.1. The van der Waals surface area contributed by atoms with Gasteiger partial charge in [-0.05, 0) is 0 Å². The van der Waals surface area contributed by atoms with Gasteiger partial charge in [0.2, 0.25) is 0 Å². The van der Waals surface area contributed by atoms with Crippen LogP contribution >= 0.6 is 11.6 Å². The molecule has 0 spiro atoms. The van der Waals surface area contributed by atoms with E-state index in [4.69, 9.17) is 35.3 Å². The molecule has 32 heavy (non-hydrogen) atoms. The molecule has 3 rings (SSSR count). The van der Waals surface area contributed by atoms with Gasteiger partial charge in [-0.1, -0.05) is 11.6 Å². The summed E-state index contributed by atoms with van der Waals surface area (Å²) in [7, 11) is 1.10. The van der Waals surface area contributed by atoms with Gasteiger partial charge >= 0.3 is 23.9 Å². The van der Waals surface area contributed by atoms with Gasteiger partial charge in [-0.15, -0.1) is 0 Å². The first-order valence-corrected chi connectivity index (χ1v) is 9.59. The van der Waals surface area contributed by atoms with E-state index in [1.165, 1.54) is 17.2 Å². The Kier molecular flexibility index (Phi) is 6.89. The van der Waals surface area contributed by atoms with Crippen LogP contribution < -0.4 is 0 Å². The molecule has 1 aliphatic rings. The van der Waals surface area contributed by atoms with E-state index in [2.05, 4.69) is 15.0 Å². The van der Waals surface area contributed by atoms with E-state index in [-0.39, 0.29) is 16.3 Å². The predicted molar refractivity (Wildman–Crippen MR) is 103 cm³/mol. The number of esters is 4. The third-order valence-corrected chi connectivity index (χ3v) is 4.72. The summed E-state index contributed by atoms with van der Waals surface area (Å²) in [6.07, 6.45) is -4.66. The summed E-state index contributed by atoms with van der Waals surface area (Å²) >= 11 is 6.06. The summed E-state index contributed by atoms with van der Waals surface area (Å²) in [5.74, 6) is -3.25. The average molecular weight is 471 g/mol. The number of carbonyl (C=O) groups excluding carboxylic acids is 4. The van der Waals surface area contributed by atoms with Crippen LogP contribution in [0, 0.1) is 0 Å². The van der Waals surface area contributed by atoms with Crippen molar-refractivity contribution in [2.45, 2.75) is 51.4 Å². The van der Waals surface area contributed by atoms with Crippen LogP contribution in [0.15, 0.2) is 12.7 Å². The maximum atomic E-state index is 12.5. The third-order valence-electron chi connectivity index (χ3n) is 4.44. The molecule has 0 aromatic carbocycles. The summed E-state index contributed by atoms with van der Waals surface area (Å²) in [6, 6.07) is 0. The average Bonchev–Trinajstić information content (AvgIpc) is 3.14. The van der Waals surface area contributed by atoms with Crippen molar-refractivity contribution in [3.8, 4) is 0 Å². The maximum Gasteiger partial charge on any atom is 0.339 e. The van der Waals surface area contributed by atoms with Gasteiger partial charge in [0.1, 0.15) is 11.8 Å². The van der Waals surface area contributed by atoms with E-state index >= 15 is 0 Å². The Hall–Kier alpha value is -3.32. The molecule has 2 aromatic rings. The molecule has 0 aliphatic carbocycles. The van der Waals surface area contributed by atoms with E-state index < -0.39 is 54.5 Å². The van der Waals surface area contributed by atoms with E-state index in [1.54, 1.807) is 0 Å². The zero-order valence-corrected chi connectivity index (χ0v) is 18.1. The number of rotatable bonds is 5. The smallest absolute Gasteiger partial charge is 0.339 e. The lowest BCUT2D eigenvalue weighted by molar-refractivity contribution is -0.262. The van der Waals surface area contributed by atoms with Crippen LogP contribution in [-0.4, -0.2) is 74.9 Å². The van der Waals surface area contributed by atoms with E-state index in [9.17, 15) is 19.2 Å². The van der Waals surface area contributed by atoms with Gasteiger partial charge < -0.3 is 23.7 Å². The molecule has 3 heterocycles. The predicted octanol–water partition coefficient (Wildman–Crippen LogP) is 0.345. The number of ether oxygens (including phenoxy) is 5. The molecule has 1 saturated heterocycles. The highest BCUT2D eigenvalue weighted by atomic mass is 35.5. The van der Waals surface area contributed by atoms with Crippen molar-refractivity contribution in [2.24, 2.45) is 0 Å². The van der Waals surface area contributed by atoms with Gasteiger partial charge in [0.15, 0.2) is 41.4 Å². The molecule has 0 N–H and O–H groups in total. The molecule has 13 nitrogen and oxygen atoms in total. The number of hydrogen-bond acceptors (Lipinski definition) is 12. The van der Waals surface area contributed by atoms with Crippen LogP contribution in [0.3, 0.4) is 0 Å². The van der Waals surface area contributed by atoms with Gasteiger partial charge in [-0.2, -0.15) is 0 Å². The number of fused-ring (bicyclic) bond motifs is 1. The monoisotopic (exact) mass is 470 g/mol. The first kappa shape index (κ1) is 23.3. The second-order valence-corrected chi connectivity index (χ2v) is 7.04. The van der Waals surface area contributed by atoms with Crippen molar-refractivity contribution < 1.29 is 42.9 Å². The number of aromatic nitrogens is 4. The molecular formula is C18H19ClN4O9. The standard InChI is InChI=1S/C18H19ClN4O9/c1-7(24)29-11-12(30-8(2)25)14(18(27)28-4)32-17(13(11)31-9(3)26)23-6-22-10-15(19)20-5-21-16(10)23/h5-6,11-14,17H,1-4H3/t11-,12+,13+,14+,17-/m0/s1. The van der Waals surface area contributed by atoms with Gasteiger partial charge in [0.25, 0.3) is 0 Å². The van der Waals surface area contributed by atoms with Crippen LogP contribution in [-0.2, 0) is 42.9 Å². The van der Waals surface area contributed by atoms with Crippen molar-refractivity contribution >= 4 is 46.6 Å². The molecule has 0 bridgehead atoms. The Morgan fingerprint density at radius 1 is 0.938 bits per heavy atom. The summed E-state index contributed by atoms with van der Waals surface area (Å²) in [4.78, 5) is 60.0. The van der Waals surface area contributed by atoms with E-state index in [0.717, 1.165) is 27.9 Å². The third kappa shape index (κ3) is 4.62. The molecule has 1 aliphatic heterocycles. The Morgan fingerprint density at radius 2 is 1.53 bits per heavy atom. The molecule has 1 fully saturated rings. The Bertz CT molecular complexity index is 1060. The van der Waals surface area contributed by atoms with Crippen LogP contribution in [0.2, 0.25) is 5.15 Å². The molecular weight excluding hydrogens is 452 g/mol. The van der Waals surface area contributed by atoms with Crippen LogP contribution in [0.4, 0.5) is 0 Å². The topological polar surface area (TPSA) is 158 Å². The number of carbonyl (C=O) groups is 4. The van der Waals surface area contributed by atoms with E-state index in [1.807, 2.05) is 0 Å². The lowest BCUT2D eigenvalue weighted by atomic mass is 9.96. The number of methoxy groups -OCH3 is 1. The SMILES string of the molecule is COC(=O)[C@@H]1O[C@H](n2cnc3c(Cl)ncnc32)[C@H](OC(C)=O)[C@@H](OC(C)=O)[C@H]1OC(C)=O. The molecule has 0 radical (unpaired) electrons. The van der Waals surface area contributed by atoms with Crippen molar-refractivity contribution in [1.82, 2.24) is 19.5 Å². The largest absolute Gasteiger partial charge is 0.467 e. The summed E-state index contributed by atoms with van der Waals surface area (Å²) in [6.45, 7) is 3.32. The minimum Gasteiger partial charge on any atom is -0.467 e. The normalized spacial score (nSPS) is 25.1. The number of nitrogens with zero attached hydrogens (tertiary/aromatic N) is 4. The zero-order chi connectivity index (χ0) is 23.6. The summed E-state index contributed by atoms with van der Waals surface area (Å²) in [5.41, 5.74) is 0.392. The van der Waals surface area contributed by atoms with E-state index in [0.29, 0.717) is 0 Å². The van der Waals surface area contributed by atoms with Gasteiger partial charge in [0.05, 0.1) is 13.4 Å². The number of hydrogen-bond donors (Lipinski definition) is 0. The minimum absolute atomic E-state index is 0.0486. The number of halogens is 1. The second-order valence-electron chi connectivity index (χ2n) is 6.68. The minimum atomic E-state index is -1.54. The van der Waals surface area contributed by atoms with Crippen molar-refractivity contribution in [2.75, 3.05) is 7.11 Å². The molecule has 172 valence electrons. The van der Waals surface area contributed by atoms with Gasteiger partial charge in [0, 0.05) is 20.8 Å². The first-order valence-electron chi connectivity index (χ1n) is 9.22. The Balaban J connectivity index is 2.18. The highest BCUT2D eigenvalue weighted by molar-refractivity contribution is 6.33. The fourth-order valence-corrected chi connectivity index (χ4v) is 3.51. The fourth-order valence-electron chi connectivity index (χ4n) is 3.33. The molecule has 0 amide bonds. The fraction of sp³-hybridized carbons (Fsp3) is 0.500. The molecule has 2 aromatic heterocycles. The highest BCUT2D eigenvalue weighted by Gasteiger charge is 2.55. The molecule has 0 unspecified atom stereocenters. The maximum absolute atomic E-state index is 12.5. The quantitative estimate of drug-likeness (QED) is 0.335. The second kappa shape index (κ2) is 9.44. The molecule has 0 saturated carbocycles. The van der Waals surface area contributed by atoms with Crippen LogP contribution in [0.25, 0.3) is 11.2 Å². The van der Waals surface area contributed by atoms with Crippen molar-refractivity contribution in [3.05, 3.63) is 17.8 Å². The Labute approximate surface area is 185 Å².